The first-order valence-electron chi connectivity index (χ1n) is 5.63. The first kappa shape index (κ1) is 12.9. The fourth-order valence-corrected chi connectivity index (χ4v) is 2.40. The van der Waals surface area contributed by atoms with Crippen LogP contribution < -0.4 is 4.74 Å². The summed E-state index contributed by atoms with van der Waals surface area (Å²) in [5.41, 5.74) is 0. The Morgan fingerprint density at radius 3 is 2.78 bits per heavy atom. The molecular formula is C14H13BrO3. The monoisotopic (exact) mass is 308 g/mol. The maximum Gasteiger partial charge on any atom is 0.307 e. The number of rotatable bonds is 4. The summed E-state index contributed by atoms with van der Waals surface area (Å²) in [5.74, 6) is -0.193. The Kier molecular flexibility index (Phi) is 3.87. The van der Waals surface area contributed by atoms with E-state index in [1.54, 1.807) is 6.92 Å². The van der Waals surface area contributed by atoms with E-state index in [2.05, 4.69) is 15.9 Å². The number of hydrogen-bond acceptors (Lipinski definition) is 2. The zero-order valence-corrected chi connectivity index (χ0v) is 11.5. The molecule has 0 spiro atoms. The lowest BCUT2D eigenvalue weighted by molar-refractivity contribution is -0.138. The predicted molar refractivity (Wildman–Crippen MR) is 74.0 cm³/mol. The molecule has 2 aromatic carbocycles. The lowest BCUT2D eigenvalue weighted by Gasteiger charge is -2.15. The van der Waals surface area contributed by atoms with Crippen LogP contribution in [0.25, 0.3) is 10.8 Å². The van der Waals surface area contributed by atoms with Crippen molar-refractivity contribution in [1.29, 1.82) is 0 Å². The van der Waals surface area contributed by atoms with Gasteiger partial charge in [-0.25, -0.2) is 0 Å². The summed E-state index contributed by atoms with van der Waals surface area (Å²) in [6.07, 6.45) is -0.376. The van der Waals surface area contributed by atoms with E-state index in [0.29, 0.717) is 5.75 Å². The highest BCUT2D eigenvalue weighted by Crippen LogP contribution is 2.33. The summed E-state index contributed by atoms with van der Waals surface area (Å²) in [6, 6.07) is 11.8. The number of fused-ring (bicyclic) bond motifs is 1. The van der Waals surface area contributed by atoms with Gasteiger partial charge in [0.25, 0.3) is 0 Å². The molecule has 0 saturated heterocycles. The van der Waals surface area contributed by atoms with Gasteiger partial charge >= 0.3 is 5.97 Å². The van der Waals surface area contributed by atoms with Crippen LogP contribution in [0.15, 0.2) is 40.9 Å². The Morgan fingerprint density at radius 1 is 1.33 bits per heavy atom. The van der Waals surface area contributed by atoms with Gasteiger partial charge in [-0.15, -0.1) is 0 Å². The molecule has 0 saturated carbocycles. The normalized spacial score (nSPS) is 12.3. The highest BCUT2D eigenvalue weighted by atomic mass is 79.9. The van der Waals surface area contributed by atoms with Gasteiger partial charge in [-0.1, -0.05) is 30.3 Å². The van der Waals surface area contributed by atoms with Crippen LogP contribution in [0.3, 0.4) is 0 Å². The standard InChI is InChI=1S/C14H13BrO3/c1-9(8-13(16)17)18-12-7-6-10-4-2-3-5-11(10)14(12)15/h2-7,9H,8H2,1H3,(H,16,17). The smallest absolute Gasteiger partial charge is 0.307 e. The summed E-state index contributed by atoms with van der Waals surface area (Å²) in [6.45, 7) is 1.75. The molecule has 1 unspecified atom stereocenters. The highest BCUT2D eigenvalue weighted by Gasteiger charge is 2.12. The maximum atomic E-state index is 10.6. The highest BCUT2D eigenvalue weighted by molar-refractivity contribution is 9.10. The number of halogens is 1. The number of aliphatic carboxylic acids is 1. The molecular weight excluding hydrogens is 296 g/mol. The zero-order chi connectivity index (χ0) is 13.1. The molecule has 0 heterocycles. The minimum atomic E-state index is -0.862. The molecule has 4 heteroatoms. The predicted octanol–water partition coefficient (Wildman–Crippen LogP) is 3.84. The maximum absolute atomic E-state index is 10.6. The Bertz CT molecular complexity index is 580. The van der Waals surface area contributed by atoms with E-state index >= 15 is 0 Å². The largest absolute Gasteiger partial charge is 0.489 e. The molecule has 18 heavy (non-hydrogen) atoms. The number of hydrogen-bond donors (Lipinski definition) is 1. The molecule has 0 aliphatic heterocycles. The van der Waals surface area contributed by atoms with Crippen LogP contribution in [0.5, 0.6) is 5.75 Å². The van der Waals surface area contributed by atoms with Gasteiger partial charge in [0, 0.05) is 0 Å². The fourth-order valence-electron chi connectivity index (χ4n) is 1.81. The number of ether oxygens (including phenoxy) is 1. The van der Waals surface area contributed by atoms with Crippen LogP contribution in [-0.2, 0) is 4.79 Å². The van der Waals surface area contributed by atoms with Gasteiger partial charge in [-0.05, 0) is 39.7 Å². The van der Waals surface area contributed by atoms with E-state index in [9.17, 15) is 4.79 Å². The number of carbonyl (C=O) groups is 1. The molecule has 0 bridgehead atoms. The second kappa shape index (κ2) is 5.40. The van der Waals surface area contributed by atoms with Crippen LogP contribution in [0.2, 0.25) is 0 Å². The Morgan fingerprint density at radius 2 is 2.06 bits per heavy atom. The lowest BCUT2D eigenvalue weighted by Crippen LogP contribution is -2.16. The van der Waals surface area contributed by atoms with Gasteiger partial charge in [0.1, 0.15) is 11.9 Å². The summed E-state index contributed by atoms with van der Waals surface area (Å²) < 4.78 is 6.50. The van der Waals surface area contributed by atoms with Crippen LogP contribution in [-0.4, -0.2) is 17.2 Å². The second-order valence-corrected chi connectivity index (χ2v) is 4.92. The molecule has 0 aliphatic carbocycles. The van der Waals surface area contributed by atoms with Crippen molar-refractivity contribution in [3.05, 3.63) is 40.9 Å². The van der Waals surface area contributed by atoms with E-state index in [0.717, 1.165) is 15.2 Å². The van der Waals surface area contributed by atoms with Crippen molar-refractivity contribution in [2.45, 2.75) is 19.4 Å². The zero-order valence-electron chi connectivity index (χ0n) is 9.89. The van der Waals surface area contributed by atoms with Crippen molar-refractivity contribution < 1.29 is 14.6 Å². The Hall–Kier alpha value is -1.55. The van der Waals surface area contributed by atoms with Gasteiger partial charge < -0.3 is 9.84 Å². The molecule has 0 amide bonds. The van der Waals surface area contributed by atoms with Crippen molar-refractivity contribution in [3.63, 3.8) is 0 Å². The molecule has 0 aliphatic rings. The van der Waals surface area contributed by atoms with Crippen LogP contribution in [0.4, 0.5) is 0 Å². The topological polar surface area (TPSA) is 46.5 Å². The van der Waals surface area contributed by atoms with Crippen molar-refractivity contribution in [1.82, 2.24) is 0 Å². The fraction of sp³-hybridized carbons (Fsp3) is 0.214. The third-order valence-corrected chi connectivity index (χ3v) is 3.44. The molecule has 2 aromatic rings. The van der Waals surface area contributed by atoms with Crippen molar-refractivity contribution >= 4 is 32.7 Å². The summed E-state index contributed by atoms with van der Waals surface area (Å²) >= 11 is 3.50. The molecule has 1 N–H and O–H groups in total. The second-order valence-electron chi connectivity index (χ2n) is 4.13. The van der Waals surface area contributed by atoms with Gasteiger partial charge in [0.15, 0.2) is 0 Å². The van der Waals surface area contributed by atoms with E-state index in [-0.39, 0.29) is 12.5 Å². The van der Waals surface area contributed by atoms with Gasteiger partial charge in [-0.3, -0.25) is 4.79 Å². The van der Waals surface area contributed by atoms with E-state index in [1.165, 1.54) is 0 Å². The molecule has 0 fully saturated rings. The van der Waals surface area contributed by atoms with Gasteiger partial charge in [0.05, 0.1) is 10.9 Å². The van der Waals surface area contributed by atoms with Crippen LogP contribution >= 0.6 is 15.9 Å². The van der Waals surface area contributed by atoms with E-state index in [4.69, 9.17) is 9.84 Å². The van der Waals surface area contributed by atoms with Crippen molar-refractivity contribution in [2.24, 2.45) is 0 Å². The molecule has 0 radical (unpaired) electrons. The summed E-state index contributed by atoms with van der Waals surface area (Å²) in [7, 11) is 0. The number of benzene rings is 2. The average Bonchev–Trinajstić information content (AvgIpc) is 2.32. The van der Waals surface area contributed by atoms with Gasteiger partial charge in [0.2, 0.25) is 0 Å². The Labute approximate surface area is 114 Å². The van der Waals surface area contributed by atoms with E-state index < -0.39 is 5.97 Å². The lowest BCUT2D eigenvalue weighted by atomic mass is 10.1. The van der Waals surface area contributed by atoms with Crippen molar-refractivity contribution in [2.75, 3.05) is 0 Å². The van der Waals surface area contributed by atoms with Crippen LogP contribution in [0.1, 0.15) is 13.3 Å². The quantitative estimate of drug-likeness (QED) is 0.933. The van der Waals surface area contributed by atoms with Crippen molar-refractivity contribution in [3.8, 4) is 5.75 Å². The molecule has 94 valence electrons. The third-order valence-electron chi connectivity index (χ3n) is 2.62. The minimum Gasteiger partial charge on any atom is -0.489 e. The Balaban J connectivity index is 2.29. The molecule has 2 rings (SSSR count). The summed E-state index contributed by atoms with van der Waals surface area (Å²) in [4.78, 5) is 10.6. The molecule has 0 aromatic heterocycles. The molecule has 1 atom stereocenters. The van der Waals surface area contributed by atoms with Gasteiger partial charge in [-0.2, -0.15) is 0 Å². The first-order chi connectivity index (χ1) is 8.58. The third kappa shape index (κ3) is 2.82. The number of carboxylic acids is 1. The SMILES string of the molecule is CC(CC(=O)O)Oc1ccc2ccccc2c1Br. The van der Waals surface area contributed by atoms with Crippen LogP contribution in [0, 0.1) is 0 Å². The summed E-state index contributed by atoms with van der Waals surface area (Å²) in [5, 5.41) is 10.9. The number of carboxylic acid groups (broad SMARTS) is 1. The average molecular weight is 309 g/mol. The van der Waals surface area contributed by atoms with E-state index in [1.807, 2.05) is 36.4 Å². The first-order valence-corrected chi connectivity index (χ1v) is 6.43. The minimum absolute atomic E-state index is 0.0146. The molecule has 3 nitrogen and oxygen atoms in total.